The quantitative estimate of drug-likeness (QED) is 0.806. The molecule has 0 bridgehead atoms. The van der Waals surface area contributed by atoms with E-state index in [1.54, 1.807) is 31.2 Å². The van der Waals surface area contributed by atoms with Crippen LogP contribution in [0.4, 0.5) is 0 Å². The summed E-state index contributed by atoms with van der Waals surface area (Å²) < 4.78 is 6.60. The largest absolute Gasteiger partial charge is 0.465 e. The summed E-state index contributed by atoms with van der Waals surface area (Å²) in [5, 5.41) is 0. The minimum absolute atomic E-state index is 0.130. The lowest BCUT2D eigenvalue weighted by atomic mass is 10.1. The van der Waals surface area contributed by atoms with Crippen LogP contribution in [0.2, 0.25) is 0 Å². The Hall–Kier alpha value is -1.95. The average molecular weight is 337 g/mol. The van der Waals surface area contributed by atoms with Crippen LogP contribution in [0.15, 0.2) is 39.9 Å². The highest BCUT2D eigenvalue weighted by atomic mass is 79.9. The Kier molecular flexibility index (Phi) is 4.34. The lowest BCUT2D eigenvalue weighted by molar-refractivity contribution is 0.0600. The third kappa shape index (κ3) is 2.96. The average Bonchev–Trinajstić information content (AvgIpc) is 2.48. The molecule has 1 aromatic carbocycles. The number of hydrogen-bond acceptors (Lipinski definition) is 4. The van der Waals surface area contributed by atoms with Gasteiger partial charge >= 0.3 is 5.97 Å². The number of aromatic nitrogens is 2. The maximum Gasteiger partial charge on any atom is 0.337 e. The number of benzene rings is 1. The van der Waals surface area contributed by atoms with Crippen molar-refractivity contribution in [1.29, 1.82) is 0 Å². The molecule has 0 aliphatic carbocycles. The van der Waals surface area contributed by atoms with Crippen molar-refractivity contribution in [1.82, 2.24) is 9.55 Å². The Balaban J connectivity index is 2.25. The molecule has 1 aromatic heterocycles. The molecule has 0 amide bonds. The second kappa shape index (κ2) is 6.00. The molecular formula is C14H13BrN2O3. The summed E-state index contributed by atoms with van der Waals surface area (Å²) in [5.74, 6) is -0.381. The van der Waals surface area contributed by atoms with Crippen LogP contribution in [-0.4, -0.2) is 22.6 Å². The number of aryl methyl sites for hydroxylation is 1. The lowest BCUT2D eigenvalue weighted by Crippen LogP contribution is -2.22. The van der Waals surface area contributed by atoms with Gasteiger partial charge in [0.25, 0.3) is 5.56 Å². The Labute approximate surface area is 124 Å². The Morgan fingerprint density at radius 2 is 2.00 bits per heavy atom. The van der Waals surface area contributed by atoms with Crippen LogP contribution in [0.5, 0.6) is 0 Å². The van der Waals surface area contributed by atoms with Gasteiger partial charge in [0.05, 0.1) is 31.2 Å². The van der Waals surface area contributed by atoms with Crippen LogP contribution < -0.4 is 5.56 Å². The van der Waals surface area contributed by atoms with Gasteiger partial charge in [-0.3, -0.25) is 9.36 Å². The van der Waals surface area contributed by atoms with E-state index in [4.69, 9.17) is 0 Å². The van der Waals surface area contributed by atoms with E-state index in [1.807, 2.05) is 0 Å². The molecule has 0 radical (unpaired) electrons. The number of carbonyl (C=O) groups is 1. The first-order valence-corrected chi connectivity index (χ1v) is 6.71. The van der Waals surface area contributed by atoms with E-state index < -0.39 is 0 Å². The molecule has 0 N–H and O–H groups in total. The maximum atomic E-state index is 12.0. The molecule has 0 saturated heterocycles. The number of methoxy groups -OCH3 is 1. The zero-order valence-corrected chi connectivity index (χ0v) is 12.7. The summed E-state index contributed by atoms with van der Waals surface area (Å²) >= 11 is 3.23. The fraction of sp³-hybridized carbons (Fsp3) is 0.214. The number of halogens is 1. The molecule has 0 unspecified atom stereocenters. The van der Waals surface area contributed by atoms with Gasteiger partial charge in [-0.05, 0) is 40.5 Å². The van der Waals surface area contributed by atoms with Gasteiger partial charge in [-0.15, -0.1) is 0 Å². The molecule has 0 aliphatic rings. The number of ether oxygens (including phenoxy) is 1. The summed E-state index contributed by atoms with van der Waals surface area (Å²) in [5.41, 5.74) is 1.91. The van der Waals surface area contributed by atoms with Crippen LogP contribution in [0.1, 0.15) is 21.6 Å². The van der Waals surface area contributed by atoms with E-state index in [-0.39, 0.29) is 11.5 Å². The zero-order chi connectivity index (χ0) is 14.7. The molecule has 0 saturated carbocycles. The van der Waals surface area contributed by atoms with Crippen molar-refractivity contribution in [3.63, 3.8) is 0 Å². The minimum atomic E-state index is -0.381. The van der Waals surface area contributed by atoms with E-state index in [2.05, 4.69) is 25.7 Å². The van der Waals surface area contributed by atoms with Gasteiger partial charge in [0.1, 0.15) is 4.47 Å². The molecule has 1 heterocycles. The Bertz CT molecular complexity index is 693. The highest BCUT2D eigenvalue weighted by molar-refractivity contribution is 9.10. The fourth-order valence-electron chi connectivity index (χ4n) is 1.72. The number of nitrogens with zero attached hydrogens (tertiary/aromatic N) is 2. The van der Waals surface area contributed by atoms with Crippen molar-refractivity contribution in [2.75, 3.05) is 7.11 Å². The fourth-order valence-corrected chi connectivity index (χ4v) is 2.05. The van der Waals surface area contributed by atoms with Crippen molar-refractivity contribution >= 4 is 21.9 Å². The van der Waals surface area contributed by atoms with Crippen LogP contribution in [0, 0.1) is 6.92 Å². The van der Waals surface area contributed by atoms with Gasteiger partial charge in [-0.2, -0.15) is 0 Å². The monoisotopic (exact) mass is 336 g/mol. The summed E-state index contributed by atoms with van der Waals surface area (Å²) in [7, 11) is 1.34. The summed E-state index contributed by atoms with van der Waals surface area (Å²) in [4.78, 5) is 27.5. The van der Waals surface area contributed by atoms with Gasteiger partial charge in [-0.25, -0.2) is 9.78 Å². The third-order valence-corrected chi connectivity index (χ3v) is 3.80. The van der Waals surface area contributed by atoms with Crippen molar-refractivity contribution < 1.29 is 9.53 Å². The number of hydrogen-bond donors (Lipinski definition) is 0. The van der Waals surface area contributed by atoms with Crippen LogP contribution in [0.25, 0.3) is 0 Å². The van der Waals surface area contributed by atoms with Crippen LogP contribution >= 0.6 is 15.9 Å². The van der Waals surface area contributed by atoms with Crippen molar-refractivity contribution in [2.24, 2.45) is 0 Å². The topological polar surface area (TPSA) is 61.2 Å². The summed E-state index contributed by atoms with van der Waals surface area (Å²) in [6.07, 6.45) is 1.51. The Morgan fingerprint density at radius 3 is 2.60 bits per heavy atom. The summed E-state index contributed by atoms with van der Waals surface area (Å²) in [6, 6.07) is 6.91. The molecule has 6 heteroatoms. The van der Waals surface area contributed by atoms with Crippen molar-refractivity contribution in [2.45, 2.75) is 13.5 Å². The number of esters is 1. The first-order valence-electron chi connectivity index (χ1n) is 5.91. The van der Waals surface area contributed by atoms with E-state index in [0.717, 1.165) is 5.56 Å². The zero-order valence-electron chi connectivity index (χ0n) is 11.1. The standard InChI is InChI=1S/C14H13BrN2O3/c1-9-12(15)13(18)17(8-16-9)7-10-3-5-11(6-4-10)14(19)20-2/h3-6,8H,7H2,1-2H3. The molecule has 20 heavy (non-hydrogen) atoms. The molecule has 0 aliphatic heterocycles. The molecule has 104 valence electrons. The number of carbonyl (C=O) groups excluding carboxylic acids is 1. The molecule has 0 fully saturated rings. The second-order valence-corrected chi connectivity index (χ2v) is 5.06. The van der Waals surface area contributed by atoms with Gasteiger partial charge < -0.3 is 4.74 Å². The maximum absolute atomic E-state index is 12.0. The smallest absolute Gasteiger partial charge is 0.337 e. The van der Waals surface area contributed by atoms with E-state index >= 15 is 0 Å². The van der Waals surface area contributed by atoms with Gasteiger partial charge in [-0.1, -0.05) is 12.1 Å². The molecule has 0 spiro atoms. The van der Waals surface area contributed by atoms with Crippen molar-refractivity contribution in [3.8, 4) is 0 Å². The highest BCUT2D eigenvalue weighted by Gasteiger charge is 2.07. The number of rotatable bonds is 3. The normalized spacial score (nSPS) is 10.3. The molecule has 0 atom stereocenters. The summed E-state index contributed by atoms with van der Waals surface area (Å²) in [6.45, 7) is 2.16. The highest BCUT2D eigenvalue weighted by Crippen LogP contribution is 2.09. The minimum Gasteiger partial charge on any atom is -0.465 e. The molecule has 2 rings (SSSR count). The third-order valence-electron chi connectivity index (χ3n) is 2.88. The van der Waals surface area contributed by atoms with E-state index in [9.17, 15) is 9.59 Å². The molecule has 5 nitrogen and oxygen atoms in total. The van der Waals surface area contributed by atoms with E-state index in [0.29, 0.717) is 22.3 Å². The SMILES string of the molecule is COC(=O)c1ccc(Cn2cnc(C)c(Br)c2=O)cc1. The predicted molar refractivity (Wildman–Crippen MR) is 77.8 cm³/mol. The lowest BCUT2D eigenvalue weighted by Gasteiger charge is -2.07. The molecule has 2 aromatic rings. The van der Waals surface area contributed by atoms with Crippen LogP contribution in [0.3, 0.4) is 0 Å². The van der Waals surface area contributed by atoms with E-state index in [1.165, 1.54) is 18.0 Å². The second-order valence-electron chi connectivity index (χ2n) is 4.27. The first kappa shape index (κ1) is 14.5. The van der Waals surface area contributed by atoms with Crippen LogP contribution in [-0.2, 0) is 11.3 Å². The van der Waals surface area contributed by atoms with Gasteiger partial charge in [0, 0.05) is 0 Å². The predicted octanol–water partition coefficient (Wildman–Crippen LogP) is 2.15. The van der Waals surface area contributed by atoms with Crippen molar-refractivity contribution in [3.05, 3.63) is 62.2 Å². The Morgan fingerprint density at radius 1 is 1.35 bits per heavy atom. The van der Waals surface area contributed by atoms with Gasteiger partial charge in [0.2, 0.25) is 0 Å². The van der Waals surface area contributed by atoms with Gasteiger partial charge in [0.15, 0.2) is 0 Å². The first-order chi connectivity index (χ1) is 9.52. The molecular weight excluding hydrogens is 324 g/mol.